The van der Waals surface area contributed by atoms with Gasteiger partial charge in [0.25, 0.3) is 5.91 Å². The molecule has 0 spiro atoms. The van der Waals surface area contributed by atoms with Gasteiger partial charge in [0.15, 0.2) is 9.84 Å². The first-order valence-corrected chi connectivity index (χ1v) is 11.1. The van der Waals surface area contributed by atoms with Crippen molar-refractivity contribution in [2.45, 2.75) is 46.1 Å². The number of carbonyl (C=O) groups excluding carboxylic acids is 1. The van der Waals surface area contributed by atoms with Gasteiger partial charge in [-0.2, -0.15) is 0 Å². The Balaban J connectivity index is 2.02. The summed E-state index contributed by atoms with van der Waals surface area (Å²) in [6.07, 6.45) is 1.60. The fraction of sp³-hybridized carbons (Fsp3) is 0.348. The van der Waals surface area contributed by atoms with E-state index in [9.17, 15) is 13.2 Å². The Morgan fingerprint density at radius 3 is 2.14 bits per heavy atom. The van der Waals surface area contributed by atoms with Crippen molar-refractivity contribution in [3.8, 4) is 0 Å². The van der Waals surface area contributed by atoms with Crippen LogP contribution >= 0.6 is 0 Å². The first-order chi connectivity index (χ1) is 13.0. The Labute approximate surface area is 167 Å². The molecular weight excluding hydrogens is 370 g/mol. The van der Waals surface area contributed by atoms with Crippen molar-refractivity contribution < 1.29 is 13.2 Å². The molecule has 2 aromatic rings. The quantitative estimate of drug-likeness (QED) is 0.763. The predicted octanol–water partition coefficient (Wildman–Crippen LogP) is 4.56. The maximum atomic E-state index is 13.4. The second-order valence-corrected chi connectivity index (χ2v) is 10.4. The first-order valence-electron chi connectivity index (χ1n) is 9.40. The van der Waals surface area contributed by atoms with Crippen LogP contribution in [0.4, 0.5) is 5.69 Å². The third-order valence-electron chi connectivity index (χ3n) is 5.23. The highest BCUT2D eigenvalue weighted by molar-refractivity contribution is 7.94. The predicted molar refractivity (Wildman–Crippen MR) is 115 cm³/mol. The zero-order chi connectivity index (χ0) is 20.7. The van der Waals surface area contributed by atoms with E-state index in [2.05, 4.69) is 20.8 Å². The van der Waals surface area contributed by atoms with Gasteiger partial charge in [0.2, 0.25) is 0 Å². The molecule has 1 unspecified atom stereocenters. The van der Waals surface area contributed by atoms with Gasteiger partial charge in [0, 0.05) is 16.7 Å². The molecule has 1 amide bonds. The molecule has 28 heavy (non-hydrogen) atoms. The van der Waals surface area contributed by atoms with Crippen molar-refractivity contribution in [3.05, 3.63) is 76.2 Å². The molecule has 0 aromatic heterocycles. The summed E-state index contributed by atoms with van der Waals surface area (Å²) >= 11 is 0. The van der Waals surface area contributed by atoms with Crippen LogP contribution in [0.25, 0.3) is 0 Å². The molecule has 1 atom stereocenters. The normalized spacial score (nSPS) is 18.2. The van der Waals surface area contributed by atoms with E-state index in [4.69, 9.17) is 0 Å². The molecule has 0 N–H and O–H groups in total. The summed E-state index contributed by atoms with van der Waals surface area (Å²) < 4.78 is 24.0. The number of carbonyl (C=O) groups is 1. The number of benzene rings is 2. The summed E-state index contributed by atoms with van der Waals surface area (Å²) in [5.74, 6) is -0.290. The second kappa shape index (κ2) is 7.21. The summed E-state index contributed by atoms with van der Waals surface area (Å²) in [4.78, 5) is 15.0. The van der Waals surface area contributed by atoms with E-state index in [1.165, 1.54) is 5.41 Å². The lowest BCUT2D eigenvalue weighted by atomic mass is 9.86. The molecule has 1 heterocycles. The molecule has 148 valence electrons. The van der Waals surface area contributed by atoms with Crippen LogP contribution in [-0.4, -0.2) is 26.1 Å². The molecule has 3 rings (SSSR count). The van der Waals surface area contributed by atoms with Gasteiger partial charge in [-0.05, 0) is 66.3 Å². The van der Waals surface area contributed by atoms with Crippen molar-refractivity contribution >= 4 is 21.4 Å². The van der Waals surface area contributed by atoms with E-state index in [1.54, 1.807) is 11.0 Å². The van der Waals surface area contributed by atoms with E-state index in [0.29, 0.717) is 11.3 Å². The maximum absolute atomic E-state index is 13.4. The van der Waals surface area contributed by atoms with Gasteiger partial charge in [0.05, 0.1) is 11.8 Å². The van der Waals surface area contributed by atoms with Crippen molar-refractivity contribution in [1.82, 2.24) is 0 Å². The molecule has 0 fully saturated rings. The lowest BCUT2D eigenvalue weighted by Crippen LogP contribution is -2.41. The van der Waals surface area contributed by atoms with Crippen molar-refractivity contribution in [3.63, 3.8) is 0 Å². The largest absolute Gasteiger partial charge is 0.300 e. The topological polar surface area (TPSA) is 54.5 Å². The Kier molecular flexibility index (Phi) is 5.24. The van der Waals surface area contributed by atoms with Crippen molar-refractivity contribution in [2.24, 2.45) is 0 Å². The number of hydrogen-bond donors (Lipinski definition) is 0. The summed E-state index contributed by atoms with van der Waals surface area (Å²) in [6.45, 7) is 10.4. The van der Waals surface area contributed by atoms with Crippen LogP contribution in [-0.2, 0) is 15.3 Å². The van der Waals surface area contributed by atoms with Crippen LogP contribution in [0, 0.1) is 13.8 Å². The van der Waals surface area contributed by atoms with Crippen LogP contribution in [0.1, 0.15) is 47.8 Å². The number of amides is 1. The summed E-state index contributed by atoms with van der Waals surface area (Å²) in [6, 6.07) is 12.8. The van der Waals surface area contributed by atoms with E-state index < -0.39 is 15.9 Å². The van der Waals surface area contributed by atoms with Crippen LogP contribution in [0.15, 0.2) is 53.9 Å². The molecular formula is C23H27NO3S. The maximum Gasteiger partial charge on any atom is 0.258 e. The summed E-state index contributed by atoms with van der Waals surface area (Å²) in [7, 11) is -3.28. The van der Waals surface area contributed by atoms with Gasteiger partial charge < -0.3 is 4.90 Å². The summed E-state index contributed by atoms with van der Waals surface area (Å²) in [5, 5.41) is 1.21. The molecule has 0 radical (unpaired) electrons. The Bertz CT molecular complexity index is 1030. The minimum atomic E-state index is -3.28. The highest BCUT2D eigenvalue weighted by atomic mass is 32.2. The number of nitrogens with zero attached hydrogens (tertiary/aromatic N) is 1. The van der Waals surface area contributed by atoms with E-state index in [1.807, 2.05) is 56.3 Å². The number of anilines is 1. The van der Waals surface area contributed by atoms with Gasteiger partial charge in [-0.1, -0.05) is 39.0 Å². The molecule has 2 aromatic carbocycles. The van der Waals surface area contributed by atoms with Gasteiger partial charge in [-0.25, -0.2) is 8.42 Å². The van der Waals surface area contributed by atoms with Crippen LogP contribution in [0.5, 0.6) is 0 Å². The van der Waals surface area contributed by atoms with Crippen molar-refractivity contribution in [2.75, 3.05) is 10.7 Å². The smallest absolute Gasteiger partial charge is 0.258 e. The Morgan fingerprint density at radius 1 is 1.00 bits per heavy atom. The van der Waals surface area contributed by atoms with Crippen LogP contribution in [0.2, 0.25) is 0 Å². The lowest BCUT2D eigenvalue weighted by molar-refractivity contribution is 0.0983. The lowest BCUT2D eigenvalue weighted by Gasteiger charge is -2.29. The van der Waals surface area contributed by atoms with Gasteiger partial charge in [-0.3, -0.25) is 4.79 Å². The highest BCUT2D eigenvalue weighted by Gasteiger charge is 2.32. The fourth-order valence-electron chi connectivity index (χ4n) is 3.31. The molecule has 1 aliphatic heterocycles. The molecule has 0 bridgehead atoms. The van der Waals surface area contributed by atoms with Gasteiger partial charge >= 0.3 is 0 Å². The highest BCUT2D eigenvalue weighted by Crippen LogP contribution is 2.28. The Hall–Kier alpha value is -2.40. The number of hydrogen-bond acceptors (Lipinski definition) is 3. The molecule has 0 aliphatic carbocycles. The third kappa shape index (κ3) is 4.20. The minimum Gasteiger partial charge on any atom is -0.300 e. The first kappa shape index (κ1) is 20.3. The van der Waals surface area contributed by atoms with E-state index in [0.717, 1.165) is 16.7 Å². The Morgan fingerprint density at radius 2 is 1.64 bits per heavy atom. The van der Waals surface area contributed by atoms with Gasteiger partial charge in [0.1, 0.15) is 0 Å². The zero-order valence-electron chi connectivity index (χ0n) is 17.1. The average Bonchev–Trinajstić information content (AvgIpc) is 2.97. The second-order valence-electron chi connectivity index (χ2n) is 8.50. The van der Waals surface area contributed by atoms with Gasteiger partial charge in [-0.15, -0.1) is 0 Å². The standard InChI is InChI=1S/C23H27NO3S/c1-16-6-11-20(14-17(16)2)24(21-12-13-28(26,27)15-21)22(25)18-7-9-19(10-8-18)23(3,4)5/h6-14,21H,15H2,1-5H3. The number of sulfone groups is 1. The van der Waals surface area contributed by atoms with Crippen LogP contribution < -0.4 is 4.90 Å². The van der Waals surface area contributed by atoms with Crippen LogP contribution in [0.3, 0.4) is 0 Å². The molecule has 5 heteroatoms. The monoisotopic (exact) mass is 397 g/mol. The molecule has 4 nitrogen and oxygen atoms in total. The minimum absolute atomic E-state index is 0.00238. The number of rotatable bonds is 3. The van der Waals surface area contributed by atoms with E-state index >= 15 is 0 Å². The van der Waals surface area contributed by atoms with Crippen molar-refractivity contribution in [1.29, 1.82) is 0 Å². The third-order valence-corrected chi connectivity index (χ3v) is 6.61. The average molecular weight is 398 g/mol. The van der Waals surface area contributed by atoms with E-state index in [-0.39, 0.29) is 17.1 Å². The SMILES string of the molecule is Cc1ccc(N(C(=O)c2ccc(C(C)(C)C)cc2)C2C=CS(=O)(=O)C2)cc1C. The summed E-state index contributed by atoms with van der Waals surface area (Å²) in [5.41, 5.74) is 4.58. The fourth-order valence-corrected chi connectivity index (χ4v) is 4.57. The zero-order valence-corrected chi connectivity index (χ0v) is 17.9. The molecule has 1 aliphatic rings. The molecule has 0 saturated heterocycles. The number of aryl methyl sites for hydroxylation is 2. The molecule has 0 saturated carbocycles.